The molecule has 2 atom stereocenters. The van der Waals surface area contributed by atoms with Crippen LogP contribution in [0.25, 0.3) is 5.69 Å². The second-order valence-electron chi connectivity index (χ2n) is 12.0. The summed E-state index contributed by atoms with van der Waals surface area (Å²) in [5.74, 6) is -0.443. The maximum absolute atomic E-state index is 13.9. The van der Waals surface area contributed by atoms with E-state index in [0.29, 0.717) is 39.0 Å². The van der Waals surface area contributed by atoms with Crippen molar-refractivity contribution in [3.8, 4) is 5.69 Å². The van der Waals surface area contributed by atoms with Crippen molar-refractivity contribution in [3.63, 3.8) is 0 Å². The number of piperazine rings is 1. The molecule has 2 aliphatic heterocycles. The summed E-state index contributed by atoms with van der Waals surface area (Å²) in [5, 5.41) is 18.9. The zero-order chi connectivity index (χ0) is 28.4. The monoisotopic (exact) mass is 589 g/mol. The number of aliphatic hydroxyl groups excluding tert-OH is 1. The van der Waals surface area contributed by atoms with Gasteiger partial charge in [-0.05, 0) is 76.1 Å². The van der Waals surface area contributed by atoms with E-state index in [1.807, 2.05) is 23.4 Å². The molecule has 8 nitrogen and oxygen atoms in total. The highest BCUT2D eigenvalue weighted by Crippen LogP contribution is 2.37. The number of hydrogen-bond acceptors (Lipinski definition) is 5. The number of likely N-dealkylation sites (tertiary alicyclic amines) is 1. The highest BCUT2D eigenvalue weighted by Gasteiger charge is 2.55. The Morgan fingerprint density at radius 2 is 1.76 bits per heavy atom. The smallest absolute Gasteiger partial charge is 0.248 e. The predicted molar refractivity (Wildman–Crippen MR) is 159 cm³/mol. The quantitative estimate of drug-likeness (QED) is 0.475. The third kappa shape index (κ3) is 6.18. The van der Waals surface area contributed by atoms with E-state index < -0.39 is 17.7 Å². The summed E-state index contributed by atoms with van der Waals surface area (Å²) in [6.45, 7) is 8.71. The second kappa shape index (κ2) is 13.2. The molecule has 2 amide bonds. The van der Waals surface area contributed by atoms with Crippen LogP contribution in [-0.4, -0.2) is 73.8 Å². The number of amides is 2. The Morgan fingerprint density at radius 1 is 1.10 bits per heavy atom. The molecule has 1 spiro atoms. The molecule has 2 aromatic rings. The molecule has 1 aromatic carbocycles. The number of piperidine rings is 1. The Kier molecular flexibility index (Phi) is 10.1. The number of aryl methyl sites for hydroxylation is 1. The first-order valence-electron chi connectivity index (χ1n) is 15.1. The van der Waals surface area contributed by atoms with Crippen molar-refractivity contribution in [1.82, 2.24) is 24.9 Å². The number of carbonyl (C=O) groups is 2. The molecule has 0 bridgehead atoms. The molecule has 3 aliphatic rings. The van der Waals surface area contributed by atoms with Crippen molar-refractivity contribution in [1.29, 1.82) is 0 Å². The third-order valence-corrected chi connectivity index (χ3v) is 9.54. The van der Waals surface area contributed by atoms with E-state index in [1.54, 1.807) is 12.1 Å². The largest absolute Gasteiger partial charge is 0.390 e. The lowest BCUT2D eigenvalue weighted by atomic mass is 9.78. The van der Waals surface area contributed by atoms with E-state index in [4.69, 9.17) is 5.10 Å². The summed E-state index contributed by atoms with van der Waals surface area (Å²) in [5.41, 5.74) is 3.02. The van der Waals surface area contributed by atoms with Gasteiger partial charge in [-0.25, -0.2) is 9.07 Å². The van der Waals surface area contributed by atoms with E-state index in [2.05, 4.69) is 17.1 Å². The van der Waals surface area contributed by atoms with Gasteiger partial charge in [0.15, 0.2) is 0 Å². The van der Waals surface area contributed by atoms with E-state index >= 15 is 0 Å². The fourth-order valence-corrected chi connectivity index (χ4v) is 7.00. The van der Waals surface area contributed by atoms with E-state index in [1.165, 1.54) is 18.6 Å². The van der Waals surface area contributed by atoms with Gasteiger partial charge in [-0.15, -0.1) is 12.4 Å². The Balaban J connectivity index is 0.00000387. The lowest BCUT2D eigenvalue weighted by molar-refractivity contribution is -0.166. The summed E-state index contributed by atoms with van der Waals surface area (Å²) in [6, 6.07) is 5.49. The summed E-state index contributed by atoms with van der Waals surface area (Å²) in [7, 11) is 0. The minimum atomic E-state index is -0.867. The van der Waals surface area contributed by atoms with Gasteiger partial charge in [-0.1, -0.05) is 32.6 Å². The van der Waals surface area contributed by atoms with Crippen LogP contribution in [0.5, 0.6) is 0 Å². The van der Waals surface area contributed by atoms with E-state index in [9.17, 15) is 19.1 Å². The molecule has 1 aromatic heterocycles. The fourth-order valence-electron chi connectivity index (χ4n) is 7.00. The summed E-state index contributed by atoms with van der Waals surface area (Å²) in [4.78, 5) is 31.8. The molecule has 5 rings (SSSR count). The molecule has 3 heterocycles. The molecule has 0 radical (unpaired) electrons. The van der Waals surface area contributed by atoms with E-state index in [-0.39, 0.29) is 36.0 Å². The van der Waals surface area contributed by atoms with Gasteiger partial charge in [0, 0.05) is 37.4 Å². The van der Waals surface area contributed by atoms with Crippen molar-refractivity contribution in [3.05, 3.63) is 47.0 Å². The number of nitrogens with zero attached hydrogens (tertiary/aromatic N) is 4. The maximum atomic E-state index is 13.9. The number of carbonyl (C=O) groups excluding carboxylic acids is 2. The van der Waals surface area contributed by atoms with Gasteiger partial charge in [-0.2, -0.15) is 5.10 Å². The van der Waals surface area contributed by atoms with Crippen LogP contribution in [0.1, 0.15) is 81.7 Å². The normalized spacial score (nSPS) is 22.5. The number of unbranched alkanes of at least 4 members (excludes halogenated alkanes) is 1. The Bertz CT molecular complexity index is 1210. The van der Waals surface area contributed by atoms with Crippen LogP contribution >= 0.6 is 12.4 Å². The minimum absolute atomic E-state index is 0. The molecule has 10 heteroatoms. The standard InChI is InChI=1S/C31H44FN5O3.ClH/c1-4-5-17-36-29(39)27(28(38)23-9-7-6-8-10-23)33-30(40)31(36)15-18-35(19-16-31)20-26-21(2)34-37(22(26)3)25-13-11-24(32)12-14-25;/h11-14,23,27-28,38H,4-10,15-20H2,1-3H3,(H,33,40);1H/t27-,28-;/m1./s1. The van der Waals surface area contributed by atoms with Crippen LogP contribution in [0.3, 0.4) is 0 Å². The molecular weight excluding hydrogens is 545 g/mol. The third-order valence-electron chi connectivity index (χ3n) is 9.54. The van der Waals surface area contributed by atoms with Crippen LogP contribution in [0.15, 0.2) is 24.3 Å². The van der Waals surface area contributed by atoms with Crippen molar-refractivity contribution in [2.75, 3.05) is 19.6 Å². The molecule has 3 fully saturated rings. The van der Waals surface area contributed by atoms with Crippen molar-refractivity contribution >= 4 is 24.2 Å². The van der Waals surface area contributed by atoms with Crippen LogP contribution in [0.4, 0.5) is 4.39 Å². The van der Waals surface area contributed by atoms with Crippen LogP contribution in [0.2, 0.25) is 0 Å². The average molecular weight is 590 g/mol. The van der Waals surface area contributed by atoms with Gasteiger partial charge in [-0.3, -0.25) is 14.5 Å². The Labute approximate surface area is 249 Å². The first kappa shape index (κ1) is 31.4. The number of halogens is 2. The van der Waals surface area contributed by atoms with Gasteiger partial charge in [0.2, 0.25) is 11.8 Å². The van der Waals surface area contributed by atoms with Crippen LogP contribution in [0, 0.1) is 25.6 Å². The topological polar surface area (TPSA) is 90.7 Å². The molecule has 2 N–H and O–H groups in total. The van der Waals surface area contributed by atoms with Gasteiger partial charge in [0.1, 0.15) is 17.4 Å². The van der Waals surface area contributed by atoms with Gasteiger partial charge in [0.05, 0.1) is 17.5 Å². The SMILES string of the molecule is CCCCN1C(=O)[C@@H]([C@H](O)C2CCCCC2)NC(=O)C12CCN(Cc1c(C)nn(-c3ccc(F)cc3)c1C)CC2.Cl. The number of hydrogen-bond donors (Lipinski definition) is 2. The van der Waals surface area contributed by atoms with Crippen molar-refractivity contribution in [2.24, 2.45) is 5.92 Å². The Hall–Kier alpha value is -2.49. The van der Waals surface area contributed by atoms with Gasteiger partial charge in [0.25, 0.3) is 0 Å². The molecule has 41 heavy (non-hydrogen) atoms. The molecule has 2 saturated heterocycles. The molecule has 1 aliphatic carbocycles. The molecule has 1 saturated carbocycles. The molecular formula is C31H45ClFN5O3. The lowest BCUT2D eigenvalue weighted by Gasteiger charge is -2.52. The number of benzene rings is 1. The number of rotatable bonds is 8. The van der Waals surface area contributed by atoms with Crippen molar-refractivity contribution in [2.45, 2.75) is 103 Å². The van der Waals surface area contributed by atoms with Crippen LogP contribution in [-0.2, 0) is 16.1 Å². The molecule has 226 valence electrons. The lowest BCUT2D eigenvalue weighted by Crippen LogP contribution is -2.75. The maximum Gasteiger partial charge on any atom is 0.248 e. The predicted octanol–water partition coefficient (Wildman–Crippen LogP) is 4.45. The first-order chi connectivity index (χ1) is 19.2. The zero-order valence-corrected chi connectivity index (χ0v) is 25.4. The highest BCUT2D eigenvalue weighted by atomic mass is 35.5. The fraction of sp³-hybridized carbons (Fsp3) is 0.645. The number of aromatic nitrogens is 2. The van der Waals surface area contributed by atoms with Crippen LogP contribution < -0.4 is 5.32 Å². The van der Waals surface area contributed by atoms with Gasteiger partial charge < -0.3 is 15.3 Å². The number of aliphatic hydroxyl groups is 1. The zero-order valence-electron chi connectivity index (χ0n) is 24.6. The van der Waals surface area contributed by atoms with Crippen molar-refractivity contribution < 1.29 is 19.1 Å². The van der Waals surface area contributed by atoms with E-state index in [0.717, 1.165) is 61.2 Å². The van der Waals surface area contributed by atoms with Gasteiger partial charge >= 0.3 is 0 Å². The average Bonchev–Trinajstić information content (AvgIpc) is 3.25. The number of nitrogens with one attached hydrogen (secondary N) is 1. The second-order valence-corrected chi connectivity index (χ2v) is 12.0. The summed E-state index contributed by atoms with van der Waals surface area (Å²) in [6.07, 6.45) is 7.17. The minimum Gasteiger partial charge on any atom is -0.390 e. The molecule has 0 unspecified atom stereocenters. The summed E-state index contributed by atoms with van der Waals surface area (Å²) >= 11 is 0. The first-order valence-corrected chi connectivity index (χ1v) is 15.1. The Morgan fingerprint density at radius 3 is 2.39 bits per heavy atom. The highest BCUT2D eigenvalue weighted by molar-refractivity contribution is 6.00. The summed E-state index contributed by atoms with van der Waals surface area (Å²) < 4.78 is 15.3.